The van der Waals surface area contributed by atoms with Crippen molar-refractivity contribution in [2.45, 2.75) is 0 Å². The van der Waals surface area contributed by atoms with Crippen LogP contribution in [0.5, 0.6) is 0 Å². The molecule has 0 atom stereocenters. The number of hydrogen-bond donors (Lipinski definition) is 0. The van der Waals surface area contributed by atoms with Crippen molar-refractivity contribution >= 4 is 14.8 Å². The molecular formula is H5BeCeSiY. The van der Waals surface area contributed by atoms with Gasteiger partial charge in [-0.3, -0.25) is 0 Å². The first-order chi connectivity index (χ1) is 1.00. The van der Waals surface area contributed by atoms with Crippen LogP contribution in [0.4, 0.5) is 0 Å². The summed E-state index contributed by atoms with van der Waals surface area (Å²) in [5, 5.41) is 0. The van der Waals surface area contributed by atoms with Crippen molar-refractivity contribution in [3.8, 4) is 0 Å². The SMILES string of the molecule is [BeH2].[SiH3][Ce].[Y]. The summed E-state index contributed by atoms with van der Waals surface area (Å²) in [5.41, 5.74) is 0. The molecule has 4 heteroatoms. The Labute approximate surface area is 83.9 Å². The Morgan fingerprint density at radius 3 is 1.25 bits per heavy atom. The normalized spacial score (nSPS) is 1.75. The largest absolute Gasteiger partial charge is 0 e. The molecule has 0 N–H and O–H groups in total. The molecule has 0 bridgehead atoms. The van der Waals surface area contributed by atoms with Gasteiger partial charge in [0.05, 0.1) is 0 Å². The molecule has 4 heavy (non-hydrogen) atoms. The molecule has 0 rings (SSSR count). The van der Waals surface area contributed by atoms with Crippen LogP contribution in [0.2, 0.25) is 0 Å². The molecule has 0 aromatic carbocycles. The van der Waals surface area contributed by atoms with Gasteiger partial charge in [0, 0.05) is 32.7 Å². The molecule has 0 aliphatic rings. The summed E-state index contributed by atoms with van der Waals surface area (Å²) in [7, 11) is 0. The molecule has 0 saturated heterocycles. The molecule has 18 valence electrons. The van der Waals surface area contributed by atoms with E-state index in [9.17, 15) is 0 Å². The van der Waals surface area contributed by atoms with Crippen molar-refractivity contribution in [1.82, 2.24) is 0 Å². The average Bonchev–Trinajstić information content (AvgIpc) is 1.00. The molecule has 0 aliphatic carbocycles. The first-order valence-corrected chi connectivity index (χ1v) is 10.9. The molecule has 1 radical (unpaired) electrons. The molecule has 0 heterocycles. The molecule has 0 aliphatic heterocycles. The van der Waals surface area contributed by atoms with Crippen LogP contribution in [0.25, 0.3) is 0 Å². The minimum atomic E-state index is 0. The molecule has 0 saturated carbocycles. The Morgan fingerprint density at radius 1 is 1.25 bits per heavy atom. The maximum atomic E-state index is 1.44. The van der Waals surface area contributed by atoms with Crippen LogP contribution in [-0.4, -0.2) is 14.8 Å². The standard InChI is InChI=1S/Be.Ce.H3Si.Y.2H/h;;1H3;;;. The predicted octanol–water partition coefficient (Wildman–Crippen LogP) is -2.10. The van der Waals surface area contributed by atoms with Crippen molar-refractivity contribution in [3.63, 3.8) is 0 Å². The Bertz CT molecular complexity index is 8.00. The summed E-state index contributed by atoms with van der Waals surface area (Å²) in [6, 6.07) is 0. The summed E-state index contributed by atoms with van der Waals surface area (Å²) in [6.45, 7) is 0. The topological polar surface area (TPSA) is 0 Å². The molecule has 0 nitrogen and oxygen atoms in total. The van der Waals surface area contributed by atoms with E-state index in [4.69, 9.17) is 0 Å². The zero-order chi connectivity index (χ0) is 2.00. The smallest absolute Gasteiger partial charge is 0 e. The fourth-order valence-electron chi connectivity index (χ4n) is 0. The van der Waals surface area contributed by atoms with Gasteiger partial charge >= 0.3 is 53.3 Å². The van der Waals surface area contributed by atoms with Gasteiger partial charge in [0.15, 0.2) is 0 Å². The van der Waals surface area contributed by atoms with E-state index in [2.05, 4.69) is 0 Å². The second-order valence-corrected chi connectivity index (χ2v) is 0. The Balaban J connectivity index is -0.00000000500. The molecule has 0 fully saturated rings. The van der Waals surface area contributed by atoms with Gasteiger partial charge in [-0.15, -0.1) is 0 Å². The van der Waals surface area contributed by atoms with Crippen molar-refractivity contribution in [1.29, 1.82) is 0 Å². The van der Waals surface area contributed by atoms with E-state index >= 15 is 0 Å². The van der Waals surface area contributed by atoms with Crippen LogP contribution in [0.3, 0.4) is 0 Å². The zero-order valence-electron chi connectivity index (χ0n) is 2.08. The molecule has 0 aromatic heterocycles. The maximum absolute atomic E-state index is 1.44. The van der Waals surface area contributed by atoms with Gasteiger partial charge in [0.25, 0.3) is 0 Å². The van der Waals surface area contributed by atoms with Crippen molar-refractivity contribution in [2.24, 2.45) is 0 Å². The summed E-state index contributed by atoms with van der Waals surface area (Å²) < 4.78 is 1.44. The van der Waals surface area contributed by atoms with Crippen LogP contribution < -0.4 is 0 Å². The first-order valence-electron chi connectivity index (χ1n) is 0.500. The van der Waals surface area contributed by atoms with E-state index in [-0.39, 0.29) is 42.8 Å². The average molecular weight is 271 g/mol. The summed E-state index contributed by atoms with van der Waals surface area (Å²) >= 11 is 1.44. The first kappa shape index (κ1) is 15.8. The fourth-order valence-corrected chi connectivity index (χ4v) is 0. The minimum absolute atomic E-state index is 0. The molecule has 0 amide bonds. The van der Waals surface area contributed by atoms with Crippen LogP contribution in [0.1, 0.15) is 0 Å². The molecular weight excluding hydrogens is 266 g/mol. The van der Waals surface area contributed by atoms with Gasteiger partial charge in [-0.1, -0.05) is 0 Å². The fraction of sp³-hybridized carbons (Fsp3) is 0. The van der Waals surface area contributed by atoms with E-state index in [1.807, 2.05) is 0 Å². The van der Waals surface area contributed by atoms with E-state index in [1.54, 1.807) is 0 Å². The maximum Gasteiger partial charge on any atom is 0 e. The second kappa shape index (κ2) is 16.9. The van der Waals surface area contributed by atoms with Crippen LogP contribution in [0, 0.1) is 38.5 Å². The van der Waals surface area contributed by atoms with E-state index in [1.165, 1.54) is 43.2 Å². The van der Waals surface area contributed by atoms with E-state index in [0.717, 1.165) is 0 Å². The summed E-state index contributed by atoms with van der Waals surface area (Å²) in [5.74, 6) is 0. The van der Waals surface area contributed by atoms with Crippen molar-refractivity contribution in [2.75, 3.05) is 0 Å². The number of hydrogen-bond acceptors (Lipinski definition) is 0. The Hall–Kier alpha value is 2.87. The zero-order valence-corrected chi connectivity index (χ0v) is 10.1. The van der Waals surface area contributed by atoms with Crippen LogP contribution in [-0.2, 0) is 32.7 Å². The second-order valence-electron chi connectivity index (χ2n) is 0. The summed E-state index contributed by atoms with van der Waals surface area (Å²) in [4.78, 5) is 0. The third kappa shape index (κ3) is 8.85. The molecule has 0 spiro atoms. The summed E-state index contributed by atoms with van der Waals surface area (Å²) in [6.07, 6.45) is 0. The van der Waals surface area contributed by atoms with E-state index < -0.39 is 0 Å². The Kier molecular flexibility index (Phi) is 66.8. The monoisotopic (exact) mass is 271 g/mol. The van der Waals surface area contributed by atoms with Gasteiger partial charge in [0.2, 0.25) is 0 Å². The third-order valence-corrected chi connectivity index (χ3v) is 0. The predicted molar refractivity (Wildman–Crippen MR) is 18.5 cm³/mol. The van der Waals surface area contributed by atoms with Gasteiger partial charge in [-0.05, 0) is 0 Å². The number of rotatable bonds is 0. The van der Waals surface area contributed by atoms with E-state index in [0.29, 0.717) is 0 Å². The van der Waals surface area contributed by atoms with Crippen LogP contribution >= 0.6 is 0 Å². The quantitative estimate of drug-likeness (QED) is 0.443. The Morgan fingerprint density at radius 2 is 1.25 bits per heavy atom. The van der Waals surface area contributed by atoms with Gasteiger partial charge in [-0.25, -0.2) is 0 Å². The minimum Gasteiger partial charge on any atom is 0 e. The van der Waals surface area contributed by atoms with Gasteiger partial charge < -0.3 is 0 Å². The van der Waals surface area contributed by atoms with Gasteiger partial charge in [-0.2, -0.15) is 0 Å². The molecule has 0 aromatic rings. The third-order valence-electron chi connectivity index (χ3n) is 0. The van der Waals surface area contributed by atoms with Crippen molar-refractivity contribution in [3.05, 3.63) is 0 Å². The van der Waals surface area contributed by atoms with Crippen molar-refractivity contribution < 1.29 is 71.2 Å². The van der Waals surface area contributed by atoms with Crippen LogP contribution in [0.15, 0.2) is 0 Å². The molecule has 0 unspecified atom stereocenters. The van der Waals surface area contributed by atoms with Gasteiger partial charge in [0.1, 0.15) is 0 Å².